The number of amides is 1. The zero-order valence-corrected chi connectivity index (χ0v) is 15.1. The Hall–Kier alpha value is -2.65. The van der Waals surface area contributed by atoms with E-state index in [9.17, 15) is 9.90 Å². The highest BCUT2D eigenvalue weighted by atomic mass is 16.5. The molecule has 2 rings (SSSR count). The second kappa shape index (κ2) is 10.5. The molecular formula is C19H25N3O5. The van der Waals surface area contributed by atoms with Crippen LogP contribution >= 0.6 is 0 Å². The third-order valence-corrected chi connectivity index (χ3v) is 4.04. The van der Waals surface area contributed by atoms with Crippen molar-refractivity contribution in [2.75, 3.05) is 25.6 Å². The number of hydroxylamine groups is 1. The van der Waals surface area contributed by atoms with E-state index in [2.05, 4.69) is 5.32 Å². The number of carbonyl (C=O) groups excluding carboxylic acids is 1. The van der Waals surface area contributed by atoms with E-state index in [0.717, 1.165) is 5.56 Å². The van der Waals surface area contributed by atoms with Crippen LogP contribution in [0.25, 0.3) is 0 Å². The van der Waals surface area contributed by atoms with Crippen LogP contribution < -0.4 is 15.5 Å². The minimum Gasteiger partial charge on any atom is -0.495 e. The predicted molar refractivity (Wildman–Crippen MR) is 100 cm³/mol. The smallest absolute Gasteiger partial charge is 0.274 e. The second-order valence-electron chi connectivity index (χ2n) is 5.90. The molecule has 1 amide bonds. The highest BCUT2D eigenvalue weighted by Crippen LogP contribution is 2.24. The Morgan fingerprint density at radius 1 is 1.19 bits per heavy atom. The molecule has 2 aromatic carbocycles. The van der Waals surface area contributed by atoms with Gasteiger partial charge in [0.05, 0.1) is 12.8 Å². The molecule has 8 nitrogen and oxygen atoms in total. The minimum absolute atomic E-state index is 0.00743. The van der Waals surface area contributed by atoms with Crippen LogP contribution in [0.1, 0.15) is 22.3 Å². The van der Waals surface area contributed by atoms with Gasteiger partial charge in [0, 0.05) is 25.3 Å². The van der Waals surface area contributed by atoms with Gasteiger partial charge in [0.25, 0.3) is 5.91 Å². The van der Waals surface area contributed by atoms with Gasteiger partial charge in [0.2, 0.25) is 0 Å². The average molecular weight is 375 g/mol. The minimum atomic E-state index is -1.01. The number of nitrogens with zero attached hydrogens (tertiary/aromatic N) is 1. The lowest BCUT2D eigenvalue weighted by molar-refractivity contribution is 0.0161. The molecule has 1 atom stereocenters. The summed E-state index contributed by atoms with van der Waals surface area (Å²) < 4.78 is 5.28. The summed E-state index contributed by atoms with van der Waals surface area (Å²) in [6.07, 6.45) is -0.511. The fourth-order valence-corrected chi connectivity index (χ4v) is 2.62. The maximum atomic E-state index is 11.4. The number of hydrogen-bond donors (Lipinski definition) is 5. The molecule has 0 aliphatic heterocycles. The molecule has 0 bridgehead atoms. The molecule has 0 heterocycles. The van der Waals surface area contributed by atoms with Crippen molar-refractivity contribution in [2.24, 2.45) is 0 Å². The van der Waals surface area contributed by atoms with Gasteiger partial charge in [-0.05, 0) is 36.2 Å². The van der Waals surface area contributed by atoms with Crippen molar-refractivity contribution in [3.8, 4) is 5.75 Å². The first-order chi connectivity index (χ1) is 13.1. The fraction of sp³-hybridized carbons (Fsp3) is 0.316. The van der Waals surface area contributed by atoms with Gasteiger partial charge < -0.3 is 20.3 Å². The Kier molecular flexibility index (Phi) is 8.02. The van der Waals surface area contributed by atoms with E-state index in [1.54, 1.807) is 53.9 Å². The van der Waals surface area contributed by atoms with Gasteiger partial charge in [-0.2, -0.15) is 0 Å². The number of aliphatic hydroxyl groups is 2. The van der Waals surface area contributed by atoms with E-state index in [-0.39, 0.29) is 6.61 Å². The molecule has 27 heavy (non-hydrogen) atoms. The van der Waals surface area contributed by atoms with Crippen molar-refractivity contribution in [1.82, 2.24) is 10.4 Å². The molecule has 0 aromatic heterocycles. The van der Waals surface area contributed by atoms with Gasteiger partial charge in [-0.15, -0.1) is 0 Å². The van der Waals surface area contributed by atoms with Crippen molar-refractivity contribution in [3.63, 3.8) is 0 Å². The van der Waals surface area contributed by atoms with Crippen molar-refractivity contribution in [1.29, 1.82) is 0 Å². The van der Waals surface area contributed by atoms with E-state index in [0.29, 0.717) is 36.5 Å². The predicted octanol–water partition coefficient (Wildman–Crippen LogP) is 1.39. The highest BCUT2D eigenvalue weighted by molar-refractivity contribution is 5.93. The van der Waals surface area contributed by atoms with Crippen LogP contribution in [0.4, 0.5) is 5.69 Å². The summed E-state index contributed by atoms with van der Waals surface area (Å²) >= 11 is 0. The fourth-order valence-electron chi connectivity index (χ4n) is 2.62. The Morgan fingerprint density at radius 2 is 1.89 bits per heavy atom. The van der Waals surface area contributed by atoms with Crippen molar-refractivity contribution in [2.45, 2.75) is 19.3 Å². The summed E-state index contributed by atoms with van der Waals surface area (Å²) in [6, 6.07) is 13.9. The second-order valence-corrected chi connectivity index (χ2v) is 5.90. The third kappa shape index (κ3) is 5.93. The van der Waals surface area contributed by atoms with Gasteiger partial charge in [0.15, 0.2) is 6.35 Å². The molecule has 146 valence electrons. The molecule has 0 spiro atoms. The molecule has 0 fully saturated rings. The first kappa shape index (κ1) is 20.7. The first-order valence-electron chi connectivity index (χ1n) is 8.55. The number of para-hydroxylation sites is 2. The standard InChI is InChI=1S/C19H25N3O5/c1-27-17-6-3-2-5-16(17)20-19(25)22(11-4-12-23)13-14-7-9-15(10-8-14)18(24)21-26/h2-3,5-10,19-20,23,25-26H,4,11-13H2,1H3,(H,21,24). The van der Waals surface area contributed by atoms with E-state index in [4.69, 9.17) is 15.1 Å². The van der Waals surface area contributed by atoms with Crippen LogP contribution in [0.2, 0.25) is 0 Å². The van der Waals surface area contributed by atoms with E-state index in [1.807, 2.05) is 12.1 Å². The summed E-state index contributed by atoms with van der Waals surface area (Å²) in [5.74, 6) is 0.0228. The number of aliphatic hydroxyl groups excluding tert-OH is 2. The van der Waals surface area contributed by atoms with Crippen LogP contribution in [-0.2, 0) is 6.54 Å². The molecule has 5 N–H and O–H groups in total. The number of rotatable bonds is 10. The summed E-state index contributed by atoms with van der Waals surface area (Å²) in [7, 11) is 1.56. The molecule has 8 heteroatoms. The van der Waals surface area contributed by atoms with Gasteiger partial charge >= 0.3 is 0 Å². The Bertz CT molecular complexity index is 724. The third-order valence-electron chi connectivity index (χ3n) is 4.04. The zero-order chi connectivity index (χ0) is 19.6. The SMILES string of the molecule is COc1ccccc1NC(O)N(CCCO)Cc1ccc(C(=O)NO)cc1. The lowest BCUT2D eigenvalue weighted by atomic mass is 10.1. The van der Waals surface area contributed by atoms with Crippen molar-refractivity contribution in [3.05, 3.63) is 59.7 Å². The van der Waals surface area contributed by atoms with E-state index in [1.165, 1.54) is 0 Å². The zero-order valence-electron chi connectivity index (χ0n) is 15.1. The summed E-state index contributed by atoms with van der Waals surface area (Å²) in [6.45, 7) is 0.858. The monoisotopic (exact) mass is 375 g/mol. The number of hydrogen-bond acceptors (Lipinski definition) is 7. The number of nitrogens with one attached hydrogen (secondary N) is 2. The number of anilines is 1. The molecule has 0 radical (unpaired) electrons. The Balaban J connectivity index is 2.10. The van der Waals surface area contributed by atoms with Crippen LogP contribution in [-0.4, -0.2) is 52.8 Å². The summed E-state index contributed by atoms with van der Waals surface area (Å²) in [5.41, 5.74) is 3.43. The maximum absolute atomic E-state index is 11.4. The first-order valence-corrected chi connectivity index (χ1v) is 8.55. The lowest BCUT2D eigenvalue weighted by Crippen LogP contribution is -2.41. The molecule has 1 unspecified atom stereocenters. The Morgan fingerprint density at radius 3 is 2.52 bits per heavy atom. The van der Waals surface area contributed by atoms with Gasteiger partial charge in [0.1, 0.15) is 5.75 Å². The number of carbonyl (C=O) groups is 1. The molecular weight excluding hydrogens is 350 g/mol. The normalized spacial score (nSPS) is 11.9. The Labute approximate surface area is 158 Å². The highest BCUT2D eigenvalue weighted by Gasteiger charge is 2.17. The van der Waals surface area contributed by atoms with Crippen LogP contribution in [0, 0.1) is 0 Å². The molecule has 0 aliphatic rings. The average Bonchev–Trinajstić information content (AvgIpc) is 2.71. The lowest BCUT2D eigenvalue weighted by Gasteiger charge is -2.29. The van der Waals surface area contributed by atoms with Gasteiger partial charge in [-0.25, -0.2) is 5.48 Å². The molecule has 2 aromatic rings. The summed E-state index contributed by atoms with van der Waals surface area (Å²) in [4.78, 5) is 13.2. The van der Waals surface area contributed by atoms with Crippen molar-refractivity contribution >= 4 is 11.6 Å². The van der Waals surface area contributed by atoms with Gasteiger partial charge in [-0.3, -0.25) is 14.9 Å². The van der Waals surface area contributed by atoms with Crippen LogP contribution in [0.3, 0.4) is 0 Å². The molecule has 0 saturated carbocycles. The maximum Gasteiger partial charge on any atom is 0.274 e. The topological polar surface area (TPSA) is 114 Å². The van der Waals surface area contributed by atoms with Crippen molar-refractivity contribution < 1.29 is 25.0 Å². The number of ether oxygens (including phenoxy) is 1. The summed E-state index contributed by atoms with van der Waals surface area (Å²) in [5, 5.41) is 31.5. The number of benzene rings is 2. The van der Waals surface area contributed by atoms with Crippen LogP contribution in [0.5, 0.6) is 5.75 Å². The quantitative estimate of drug-likeness (QED) is 0.242. The van der Waals surface area contributed by atoms with E-state index < -0.39 is 12.3 Å². The van der Waals surface area contributed by atoms with E-state index >= 15 is 0 Å². The van der Waals surface area contributed by atoms with Gasteiger partial charge in [-0.1, -0.05) is 24.3 Å². The largest absolute Gasteiger partial charge is 0.495 e. The van der Waals surface area contributed by atoms with Crippen LogP contribution in [0.15, 0.2) is 48.5 Å². The molecule has 0 saturated heterocycles. The number of methoxy groups -OCH3 is 1. The molecule has 0 aliphatic carbocycles.